The Bertz CT molecular complexity index is 1180. The zero-order valence-electron chi connectivity index (χ0n) is 18.6. The second-order valence-electron chi connectivity index (χ2n) is 8.01. The van der Waals surface area contributed by atoms with Gasteiger partial charge in [0.25, 0.3) is 0 Å². The van der Waals surface area contributed by atoms with Crippen molar-refractivity contribution in [3.05, 3.63) is 64.5 Å². The standard InChI is InChI=1S/C24H26FN5O2/c1-14-6-5-7-15(2)21(14)30-22-19(13-26-24(30)32)20(18-9-8-17(25)12-16(18)3)27-23(28-22)29(4)10-11-31/h5-9,12,31H,10-11,13H2,1-4H3,(H,26,32). The number of amides is 2. The molecule has 1 aliphatic rings. The molecule has 0 bridgehead atoms. The van der Waals surface area contributed by atoms with Crippen LogP contribution in [0.3, 0.4) is 0 Å². The van der Waals surface area contributed by atoms with Crippen LogP contribution in [-0.2, 0) is 6.54 Å². The number of halogens is 1. The SMILES string of the molecule is Cc1cc(F)ccc1-c1nc(N(C)CCO)nc2c1CNC(=O)N2c1c(C)cccc1C. The first-order valence-electron chi connectivity index (χ1n) is 10.5. The summed E-state index contributed by atoms with van der Waals surface area (Å²) in [5.74, 6) is 0.541. The van der Waals surface area contributed by atoms with Gasteiger partial charge >= 0.3 is 6.03 Å². The molecule has 2 amide bonds. The topological polar surface area (TPSA) is 81.6 Å². The minimum Gasteiger partial charge on any atom is -0.395 e. The van der Waals surface area contributed by atoms with Gasteiger partial charge in [0.15, 0.2) is 5.82 Å². The molecule has 32 heavy (non-hydrogen) atoms. The molecule has 0 aliphatic carbocycles. The van der Waals surface area contributed by atoms with E-state index < -0.39 is 0 Å². The van der Waals surface area contributed by atoms with Crippen molar-refractivity contribution >= 4 is 23.5 Å². The van der Waals surface area contributed by atoms with Crippen molar-refractivity contribution in [2.75, 3.05) is 30.0 Å². The zero-order chi connectivity index (χ0) is 23.0. The first-order chi connectivity index (χ1) is 15.3. The third kappa shape index (κ3) is 3.78. The molecule has 2 heterocycles. The number of hydrogen-bond donors (Lipinski definition) is 2. The lowest BCUT2D eigenvalue weighted by atomic mass is 9.99. The van der Waals surface area contributed by atoms with E-state index in [1.54, 1.807) is 22.9 Å². The van der Waals surface area contributed by atoms with Gasteiger partial charge in [0.2, 0.25) is 5.95 Å². The van der Waals surface area contributed by atoms with E-state index in [0.29, 0.717) is 24.0 Å². The van der Waals surface area contributed by atoms with Crippen LogP contribution in [0, 0.1) is 26.6 Å². The second-order valence-corrected chi connectivity index (χ2v) is 8.01. The Hall–Kier alpha value is -3.52. The number of para-hydroxylation sites is 1. The van der Waals surface area contributed by atoms with Crippen molar-refractivity contribution < 1.29 is 14.3 Å². The molecule has 0 atom stereocenters. The predicted molar refractivity (Wildman–Crippen MR) is 123 cm³/mol. The van der Waals surface area contributed by atoms with E-state index in [2.05, 4.69) is 5.32 Å². The molecule has 2 aromatic carbocycles. The predicted octanol–water partition coefficient (Wildman–Crippen LogP) is 4.00. The third-order valence-electron chi connectivity index (χ3n) is 5.69. The number of aliphatic hydroxyl groups is 1. The summed E-state index contributed by atoms with van der Waals surface area (Å²) in [5, 5.41) is 12.4. The number of aryl methyl sites for hydroxylation is 3. The molecule has 0 radical (unpaired) electrons. The first kappa shape index (κ1) is 21.7. The quantitative estimate of drug-likeness (QED) is 0.633. The van der Waals surface area contributed by atoms with Crippen LogP contribution in [0.15, 0.2) is 36.4 Å². The molecule has 0 saturated carbocycles. The molecule has 7 nitrogen and oxygen atoms in total. The van der Waals surface area contributed by atoms with Gasteiger partial charge in [0.05, 0.1) is 24.5 Å². The number of carbonyl (C=O) groups is 1. The highest BCUT2D eigenvalue weighted by Gasteiger charge is 2.33. The van der Waals surface area contributed by atoms with Crippen LogP contribution < -0.4 is 15.1 Å². The van der Waals surface area contributed by atoms with Crippen molar-refractivity contribution in [1.82, 2.24) is 15.3 Å². The van der Waals surface area contributed by atoms with Gasteiger partial charge in [0, 0.05) is 24.7 Å². The summed E-state index contributed by atoms with van der Waals surface area (Å²) < 4.78 is 13.8. The summed E-state index contributed by atoms with van der Waals surface area (Å²) in [6, 6.07) is 10.1. The Morgan fingerprint density at radius 2 is 1.84 bits per heavy atom. The van der Waals surface area contributed by atoms with E-state index in [-0.39, 0.29) is 25.0 Å². The summed E-state index contributed by atoms with van der Waals surface area (Å²) in [5.41, 5.74) is 5.53. The average molecular weight is 436 g/mol. The number of nitrogens with zero attached hydrogens (tertiary/aromatic N) is 4. The molecule has 1 aromatic heterocycles. The fraction of sp³-hybridized carbons (Fsp3) is 0.292. The molecular formula is C24H26FN5O2. The van der Waals surface area contributed by atoms with Gasteiger partial charge in [-0.3, -0.25) is 0 Å². The smallest absolute Gasteiger partial charge is 0.328 e. The fourth-order valence-electron chi connectivity index (χ4n) is 4.05. The number of aliphatic hydroxyl groups excluding tert-OH is 1. The van der Waals surface area contributed by atoms with Crippen LogP contribution in [0.25, 0.3) is 11.3 Å². The van der Waals surface area contributed by atoms with Gasteiger partial charge in [-0.15, -0.1) is 0 Å². The number of fused-ring (bicyclic) bond motifs is 1. The molecule has 0 unspecified atom stereocenters. The lowest BCUT2D eigenvalue weighted by molar-refractivity contribution is 0.246. The molecule has 0 spiro atoms. The van der Waals surface area contributed by atoms with Crippen molar-refractivity contribution in [1.29, 1.82) is 0 Å². The fourth-order valence-corrected chi connectivity index (χ4v) is 4.05. The van der Waals surface area contributed by atoms with Gasteiger partial charge in [-0.2, -0.15) is 4.98 Å². The Labute approximate surface area is 186 Å². The number of hydrogen-bond acceptors (Lipinski definition) is 5. The zero-order valence-corrected chi connectivity index (χ0v) is 18.6. The number of urea groups is 1. The molecule has 166 valence electrons. The van der Waals surface area contributed by atoms with E-state index >= 15 is 0 Å². The number of likely N-dealkylation sites (N-methyl/N-ethyl adjacent to an activating group) is 1. The minimum absolute atomic E-state index is 0.0665. The van der Waals surface area contributed by atoms with E-state index in [0.717, 1.165) is 33.5 Å². The van der Waals surface area contributed by atoms with E-state index in [1.165, 1.54) is 12.1 Å². The molecular weight excluding hydrogens is 409 g/mol. The molecule has 3 aromatic rings. The largest absolute Gasteiger partial charge is 0.395 e. The van der Waals surface area contributed by atoms with Crippen molar-refractivity contribution in [3.8, 4) is 11.3 Å². The lowest BCUT2D eigenvalue weighted by Gasteiger charge is -2.33. The lowest BCUT2D eigenvalue weighted by Crippen LogP contribution is -2.43. The number of anilines is 3. The summed E-state index contributed by atoms with van der Waals surface area (Å²) in [4.78, 5) is 25.9. The van der Waals surface area contributed by atoms with Crippen LogP contribution in [0.5, 0.6) is 0 Å². The number of rotatable bonds is 5. The van der Waals surface area contributed by atoms with Gasteiger partial charge in [0.1, 0.15) is 5.82 Å². The number of nitrogens with one attached hydrogen (secondary N) is 1. The monoisotopic (exact) mass is 435 g/mol. The van der Waals surface area contributed by atoms with Crippen molar-refractivity contribution in [2.45, 2.75) is 27.3 Å². The number of aromatic nitrogens is 2. The Kier molecular flexibility index (Phi) is 5.80. The minimum atomic E-state index is -0.322. The maximum absolute atomic E-state index is 13.8. The highest BCUT2D eigenvalue weighted by Crippen LogP contribution is 2.39. The molecule has 8 heteroatoms. The molecule has 0 saturated heterocycles. The number of benzene rings is 2. The maximum atomic E-state index is 13.8. The van der Waals surface area contributed by atoms with Crippen molar-refractivity contribution in [2.24, 2.45) is 0 Å². The molecule has 1 aliphatic heterocycles. The van der Waals surface area contributed by atoms with Crippen LogP contribution in [0.2, 0.25) is 0 Å². The van der Waals surface area contributed by atoms with Gasteiger partial charge < -0.3 is 15.3 Å². The molecule has 4 rings (SSSR count). The first-order valence-corrected chi connectivity index (χ1v) is 10.5. The highest BCUT2D eigenvalue weighted by molar-refractivity contribution is 6.03. The van der Waals surface area contributed by atoms with Crippen molar-refractivity contribution in [3.63, 3.8) is 0 Å². The Balaban J connectivity index is 2.01. The highest BCUT2D eigenvalue weighted by atomic mass is 19.1. The third-order valence-corrected chi connectivity index (χ3v) is 5.69. The van der Waals surface area contributed by atoms with Crippen LogP contribution in [0.1, 0.15) is 22.3 Å². The summed E-state index contributed by atoms with van der Waals surface area (Å²) in [7, 11) is 1.78. The maximum Gasteiger partial charge on any atom is 0.328 e. The summed E-state index contributed by atoms with van der Waals surface area (Å²) in [6.07, 6.45) is 0. The number of carbonyl (C=O) groups excluding carboxylic acids is 1. The van der Waals surface area contributed by atoms with Crippen LogP contribution in [-0.4, -0.2) is 41.3 Å². The van der Waals surface area contributed by atoms with Gasteiger partial charge in [-0.1, -0.05) is 18.2 Å². The van der Waals surface area contributed by atoms with Crippen LogP contribution >= 0.6 is 0 Å². The van der Waals surface area contributed by atoms with Crippen LogP contribution in [0.4, 0.5) is 26.6 Å². The summed E-state index contributed by atoms with van der Waals surface area (Å²) >= 11 is 0. The van der Waals surface area contributed by atoms with Gasteiger partial charge in [-0.25, -0.2) is 19.1 Å². The van der Waals surface area contributed by atoms with Gasteiger partial charge in [-0.05, 0) is 55.7 Å². The van der Waals surface area contributed by atoms with E-state index in [9.17, 15) is 14.3 Å². The normalized spacial score (nSPS) is 13.1. The average Bonchev–Trinajstić information content (AvgIpc) is 2.74. The Morgan fingerprint density at radius 3 is 2.50 bits per heavy atom. The second kappa shape index (κ2) is 8.55. The van der Waals surface area contributed by atoms with E-state index in [4.69, 9.17) is 9.97 Å². The molecule has 2 N–H and O–H groups in total. The Morgan fingerprint density at radius 1 is 1.12 bits per heavy atom. The van der Waals surface area contributed by atoms with E-state index in [1.807, 2.05) is 39.0 Å². The summed E-state index contributed by atoms with van der Waals surface area (Å²) in [6.45, 7) is 6.25. The molecule has 0 fully saturated rings.